The standard InChI is InChI=1S/C28H22ClF3N8O2/c1-13-24(38-21(10-33-13)22-19(25(31)32)5-6-20(29)23(22)30)27(41)37-16-7-36-40(12-16)14(2)26-34-8-17(9-35-26)39-11-15-3-4-18(15)28(39)42/h3-10,12,14-15,18,25H,11H2,1-2H3,(H,37,41)/t14?,15-,18-/m1/s1. The van der Waals surface area contributed by atoms with Gasteiger partial charge in [0.25, 0.3) is 12.3 Å². The summed E-state index contributed by atoms with van der Waals surface area (Å²) in [6.07, 6.45) is 8.22. The smallest absolute Gasteiger partial charge is 0.276 e. The fourth-order valence-corrected chi connectivity index (χ4v) is 5.09. The van der Waals surface area contributed by atoms with Crippen LogP contribution in [0.2, 0.25) is 5.02 Å². The fraction of sp³-hybridized carbons (Fsp3) is 0.250. The molecule has 4 heterocycles. The minimum Gasteiger partial charge on any atom is -0.318 e. The number of aromatic nitrogens is 6. The van der Waals surface area contributed by atoms with E-state index >= 15 is 0 Å². The third kappa shape index (κ3) is 4.79. The molecular formula is C28H22ClF3N8O2. The summed E-state index contributed by atoms with van der Waals surface area (Å²) >= 11 is 5.83. The van der Waals surface area contributed by atoms with E-state index in [9.17, 15) is 22.8 Å². The molecule has 0 bridgehead atoms. The van der Waals surface area contributed by atoms with E-state index in [-0.39, 0.29) is 39.8 Å². The Morgan fingerprint density at radius 2 is 1.88 bits per heavy atom. The highest BCUT2D eigenvalue weighted by molar-refractivity contribution is 6.31. The lowest BCUT2D eigenvalue weighted by Gasteiger charge is -2.16. The predicted molar refractivity (Wildman–Crippen MR) is 147 cm³/mol. The molecule has 1 aliphatic heterocycles. The lowest BCUT2D eigenvalue weighted by Crippen LogP contribution is -2.27. The number of anilines is 2. The molecule has 1 aromatic carbocycles. The van der Waals surface area contributed by atoms with Gasteiger partial charge in [-0.25, -0.2) is 28.1 Å². The van der Waals surface area contributed by atoms with Gasteiger partial charge < -0.3 is 10.2 Å². The Morgan fingerprint density at radius 3 is 2.52 bits per heavy atom. The number of aryl methyl sites for hydroxylation is 1. The van der Waals surface area contributed by atoms with Gasteiger partial charge in [-0.3, -0.25) is 19.3 Å². The second-order valence-electron chi connectivity index (χ2n) is 9.98. The van der Waals surface area contributed by atoms with Crippen molar-refractivity contribution in [1.82, 2.24) is 29.7 Å². The van der Waals surface area contributed by atoms with E-state index in [0.717, 1.165) is 18.3 Å². The molecule has 1 N–H and O–H groups in total. The number of carbonyl (C=O) groups is 2. The van der Waals surface area contributed by atoms with Crippen molar-refractivity contribution in [2.75, 3.05) is 16.8 Å². The Morgan fingerprint density at radius 1 is 1.12 bits per heavy atom. The second-order valence-corrected chi connectivity index (χ2v) is 10.4. The van der Waals surface area contributed by atoms with Crippen LogP contribution >= 0.6 is 11.6 Å². The Balaban J connectivity index is 1.18. The first-order chi connectivity index (χ1) is 20.1. The van der Waals surface area contributed by atoms with Crippen LogP contribution < -0.4 is 10.2 Å². The SMILES string of the molecule is Cc1ncc(-c2c(C(F)F)ccc(Cl)c2F)nc1C(=O)Nc1cnn(C(C)c2ncc(N3C[C@H]4C=C[C@H]4C3=O)cn2)c1. The average molecular weight is 595 g/mol. The molecule has 1 unspecified atom stereocenters. The molecule has 0 spiro atoms. The zero-order valence-corrected chi connectivity index (χ0v) is 22.9. The topological polar surface area (TPSA) is 119 Å². The van der Waals surface area contributed by atoms with E-state index in [4.69, 9.17) is 11.6 Å². The maximum absolute atomic E-state index is 14.8. The normalized spacial score (nSPS) is 18.3. The monoisotopic (exact) mass is 594 g/mol. The van der Waals surface area contributed by atoms with Crippen LogP contribution in [0.5, 0.6) is 0 Å². The predicted octanol–water partition coefficient (Wildman–Crippen LogP) is 5.18. The summed E-state index contributed by atoms with van der Waals surface area (Å²) in [6.45, 7) is 3.93. The van der Waals surface area contributed by atoms with E-state index in [2.05, 4.69) is 30.4 Å². The first-order valence-corrected chi connectivity index (χ1v) is 13.3. The Hall–Kier alpha value is -4.65. The lowest BCUT2D eigenvalue weighted by molar-refractivity contribution is -0.119. The molecule has 1 saturated heterocycles. The highest BCUT2D eigenvalue weighted by atomic mass is 35.5. The van der Waals surface area contributed by atoms with Crippen molar-refractivity contribution < 1.29 is 22.8 Å². The van der Waals surface area contributed by atoms with Crippen molar-refractivity contribution in [1.29, 1.82) is 0 Å². The van der Waals surface area contributed by atoms with Crippen LogP contribution in [-0.4, -0.2) is 48.1 Å². The van der Waals surface area contributed by atoms with Gasteiger partial charge in [0.05, 0.1) is 58.5 Å². The van der Waals surface area contributed by atoms with Crippen LogP contribution in [0, 0.1) is 24.6 Å². The summed E-state index contributed by atoms with van der Waals surface area (Å²) in [6, 6.07) is 1.62. The molecule has 4 aromatic rings. The molecule has 1 aliphatic carbocycles. The minimum atomic E-state index is -3.00. The molecule has 1 fully saturated rings. The number of amides is 2. The van der Waals surface area contributed by atoms with Gasteiger partial charge >= 0.3 is 0 Å². The molecule has 10 nitrogen and oxygen atoms in total. The van der Waals surface area contributed by atoms with Crippen molar-refractivity contribution in [2.24, 2.45) is 11.8 Å². The van der Waals surface area contributed by atoms with Crippen LogP contribution in [0.25, 0.3) is 11.3 Å². The van der Waals surface area contributed by atoms with Crippen LogP contribution in [0.1, 0.15) is 47.0 Å². The third-order valence-corrected chi connectivity index (χ3v) is 7.65. The number of hydrogen-bond acceptors (Lipinski definition) is 7. The van der Waals surface area contributed by atoms with Gasteiger partial charge in [-0.1, -0.05) is 29.8 Å². The first-order valence-electron chi connectivity index (χ1n) is 12.9. The van der Waals surface area contributed by atoms with Crippen LogP contribution in [0.3, 0.4) is 0 Å². The summed E-state index contributed by atoms with van der Waals surface area (Å²) in [7, 11) is 0. The molecule has 2 amide bonds. The largest absolute Gasteiger partial charge is 0.318 e. The number of nitrogens with zero attached hydrogens (tertiary/aromatic N) is 7. The molecule has 14 heteroatoms. The zero-order chi connectivity index (χ0) is 29.7. The summed E-state index contributed by atoms with van der Waals surface area (Å²) in [5, 5.41) is 6.57. The Bertz CT molecular complexity index is 1740. The summed E-state index contributed by atoms with van der Waals surface area (Å²) in [5.74, 6) is -1.13. The number of fused-ring (bicyclic) bond motifs is 1. The van der Waals surface area contributed by atoms with E-state index in [0.29, 0.717) is 23.7 Å². The number of alkyl halides is 2. The summed E-state index contributed by atoms with van der Waals surface area (Å²) in [5.41, 5.74) is -0.461. The van der Waals surface area contributed by atoms with Gasteiger partial charge in [0.15, 0.2) is 11.6 Å². The summed E-state index contributed by atoms with van der Waals surface area (Å²) in [4.78, 5) is 44.3. The molecule has 0 saturated carbocycles. The number of benzene rings is 1. The number of halogens is 4. The van der Waals surface area contributed by atoms with E-state index in [1.165, 1.54) is 13.1 Å². The Kier molecular flexibility index (Phi) is 6.97. The lowest BCUT2D eigenvalue weighted by atomic mass is 9.85. The van der Waals surface area contributed by atoms with Gasteiger partial charge in [0, 0.05) is 29.8 Å². The van der Waals surface area contributed by atoms with Crippen LogP contribution in [0.15, 0.2) is 55.3 Å². The molecule has 214 valence electrons. The quantitative estimate of drug-likeness (QED) is 0.293. The van der Waals surface area contributed by atoms with Gasteiger partial charge in [0.1, 0.15) is 11.7 Å². The van der Waals surface area contributed by atoms with Crippen molar-refractivity contribution in [3.63, 3.8) is 0 Å². The van der Waals surface area contributed by atoms with Crippen LogP contribution in [0.4, 0.5) is 24.5 Å². The highest BCUT2D eigenvalue weighted by Crippen LogP contribution is 2.37. The van der Waals surface area contributed by atoms with Gasteiger partial charge in [0.2, 0.25) is 5.91 Å². The molecule has 3 aromatic heterocycles. The maximum atomic E-state index is 14.8. The molecule has 6 rings (SSSR count). The maximum Gasteiger partial charge on any atom is 0.276 e. The van der Waals surface area contributed by atoms with E-state index in [1.54, 1.807) is 28.2 Å². The van der Waals surface area contributed by atoms with E-state index in [1.807, 2.05) is 19.1 Å². The van der Waals surface area contributed by atoms with Gasteiger partial charge in [-0.15, -0.1) is 0 Å². The Labute approximate surface area is 242 Å². The van der Waals surface area contributed by atoms with Gasteiger partial charge in [-0.2, -0.15) is 5.10 Å². The minimum absolute atomic E-state index is 0.0389. The van der Waals surface area contributed by atoms with Crippen molar-refractivity contribution >= 4 is 34.8 Å². The molecular weight excluding hydrogens is 573 g/mol. The number of carbonyl (C=O) groups excluding carboxylic acids is 2. The van der Waals surface area contributed by atoms with Crippen molar-refractivity contribution in [3.8, 4) is 11.3 Å². The van der Waals surface area contributed by atoms with Crippen molar-refractivity contribution in [2.45, 2.75) is 26.3 Å². The number of rotatable bonds is 7. The number of nitrogens with one attached hydrogen (secondary N) is 1. The fourth-order valence-electron chi connectivity index (χ4n) is 4.93. The average Bonchev–Trinajstić information content (AvgIpc) is 3.50. The van der Waals surface area contributed by atoms with Crippen LogP contribution in [-0.2, 0) is 4.79 Å². The molecule has 42 heavy (non-hydrogen) atoms. The number of hydrogen-bond donors (Lipinski definition) is 1. The second kappa shape index (κ2) is 10.6. The molecule has 2 aliphatic rings. The highest BCUT2D eigenvalue weighted by Gasteiger charge is 2.42. The molecule has 0 radical (unpaired) electrons. The third-order valence-electron chi connectivity index (χ3n) is 7.36. The van der Waals surface area contributed by atoms with E-state index < -0.39 is 35.3 Å². The molecule has 3 atom stereocenters. The van der Waals surface area contributed by atoms with Gasteiger partial charge in [-0.05, 0) is 19.9 Å². The first kappa shape index (κ1) is 27.5. The summed E-state index contributed by atoms with van der Waals surface area (Å²) < 4.78 is 43.5. The zero-order valence-electron chi connectivity index (χ0n) is 22.2. The van der Waals surface area contributed by atoms with Crippen molar-refractivity contribution in [3.05, 3.63) is 88.9 Å².